The van der Waals surface area contributed by atoms with Crippen LogP contribution in [0, 0.1) is 10.8 Å². The van der Waals surface area contributed by atoms with Crippen LogP contribution in [0.25, 0.3) is 0 Å². The van der Waals surface area contributed by atoms with Crippen molar-refractivity contribution in [3.05, 3.63) is 33.8 Å². The van der Waals surface area contributed by atoms with Crippen LogP contribution in [-0.2, 0) is 18.9 Å². The first-order valence-electron chi connectivity index (χ1n) is 8.10. The van der Waals surface area contributed by atoms with Crippen molar-refractivity contribution in [3.8, 4) is 0 Å². The summed E-state index contributed by atoms with van der Waals surface area (Å²) in [7, 11) is 0. The van der Waals surface area contributed by atoms with Gasteiger partial charge in [-0.3, -0.25) is 0 Å². The Balaban J connectivity index is 1.57. The number of carbonyl (C=O) groups excluding carboxylic acids is 2. The Labute approximate surface area is 154 Å². The third-order valence-corrected chi connectivity index (χ3v) is 4.99. The fraction of sp³-hybridized carbons (Fsp3) is 0.556. The highest BCUT2D eigenvalue weighted by Crippen LogP contribution is 2.29. The molecule has 0 saturated carbocycles. The van der Waals surface area contributed by atoms with Crippen LogP contribution < -0.4 is 0 Å². The lowest BCUT2D eigenvalue weighted by molar-refractivity contribution is -0.127. The molecule has 2 saturated heterocycles. The Morgan fingerprint density at radius 2 is 1.52 bits per heavy atom. The molecule has 25 heavy (non-hydrogen) atoms. The van der Waals surface area contributed by atoms with Gasteiger partial charge in [-0.1, -0.05) is 13.8 Å². The molecule has 2 fully saturated rings. The van der Waals surface area contributed by atoms with Gasteiger partial charge in [-0.2, -0.15) is 0 Å². The number of rotatable bonds is 6. The van der Waals surface area contributed by atoms with E-state index < -0.39 is 11.9 Å². The first-order chi connectivity index (χ1) is 11.8. The van der Waals surface area contributed by atoms with E-state index in [1.54, 1.807) is 18.2 Å². The molecule has 0 N–H and O–H groups in total. The monoisotopic (exact) mass is 412 g/mol. The first-order valence-corrected chi connectivity index (χ1v) is 8.89. The molecule has 0 spiro atoms. The van der Waals surface area contributed by atoms with E-state index in [2.05, 4.69) is 15.9 Å². The number of esters is 2. The first kappa shape index (κ1) is 18.4. The van der Waals surface area contributed by atoms with Crippen molar-refractivity contribution in [1.82, 2.24) is 0 Å². The molecule has 0 amide bonds. The molecular weight excluding hydrogens is 392 g/mol. The van der Waals surface area contributed by atoms with Gasteiger partial charge in [0, 0.05) is 15.3 Å². The summed E-state index contributed by atoms with van der Waals surface area (Å²) in [5.41, 5.74) is 0.553. The highest BCUT2D eigenvalue weighted by Gasteiger charge is 2.36. The van der Waals surface area contributed by atoms with Crippen LogP contribution in [0.1, 0.15) is 34.6 Å². The molecular formula is C18H21BrO6. The minimum atomic E-state index is -0.431. The van der Waals surface area contributed by atoms with Gasteiger partial charge in [0.25, 0.3) is 0 Å². The molecule has 0 unspecified atom stereocenters. The van der Waals surface area contributed by atoms with Crippen LogP contribution in [0.5, 0.6) is 0 Å². The van der Waals surface area contributed by atoms with Crippen molar-refractivity contribution in [1.29, 1.82) is 0 Å². The molecule has 0 bridgehead atoms. The highest BCUT2D eigenvalue weighted by molar-refractivity contribution is 9.10. The topological polar surface area (TPSA) is 71.1 Å². The smallest absolute Gasteiger partial charge is 0.339 e. The second-order valence-corrected chi connectivity index (χ2v) is 8.31. The number of carbonyl (C=O) groups is 2. The third kappa shape index (κ3) is 4.22. The summed E-state index contributed by atoms with van der Waals surface area (Å²) in [6, 6.07) is 4.71. The lowest BCUT2D eigenvalue weighted by atomic mass is 9.90. The summed E-state index contributed by atoms with van der Waals surface area (Å²) in [4.78, 5) is 24.4. The van der Waals surface area contributed by atoms with Crippen LogP contribution in [0.4, 0.5) is 0 Å². The fourth-order valence-electron chi connectivity index (χ4n) is 2.52. The average Bonchev–Trinajstić information content (AvgIpc) is 2.53. The molecule has 3 rings (SSSR count). The van der Waals surface area contributed by atoms with E-state index >= 15 is 0 Å². The van der Waals surface area contributed by atoms with E-state index in [4.69, 9.17) is 18.9 Å². The predicted molar refractivity (Wildman–Crippen MR) is 92.6 cm³/mol. The predicted octanol–water partition coefficient (Wildman–Crippen LogP) is 2.84. The van der Waals surface area contributed by atoms with Crippen molar-refractivity contribution < 1.29 is 28.5 Å². The van der Waals surface area contributed by atoms with Gasteiger partial charge in [-0.05, 0) is 34.1 Å². The van der Waals surface area contributed by atoms with Gasteiger partial charge in [-0.25, -0.2) is 9.59 Å². The lowest BCUT2D eigenvalue weighted by Gasteiger charge is -2.37. The molecule has 7 heteroatoms. The minimum Gasteiger partial charge on any atom is -0.461 e. The molecule has 2 aliphatic rings. The highest BCUT2D eigenvalue weighted by atomic mass is 79.9. The second-order valence-electron chi connectivity index (χ2n) is 7.45. The lowest BCUT2D eigenvalue weighted by Crippen LogP contribution is -2.44. The van der Waals surface area contributed by atoms with E-state index in [0.717, 1.165) is 0 Å². The second kappa shape index (κ2) is 7.05. The average molecular weight is 413 g/mol. The quantitative estimate of drug-likeness (QED) is 0.668. The Kier molecular flexibility index (Phi) is 5.18. The van der Waals surface area contributed by atoms with Gasteiger partial charge in [0.05, 0.1) is 37.6 Å². The van der Waals surface area contributed by atoms with Gasteiger partial charge in [-0.15, -0.1) is 0 Å². The SMILES string of the molecule is CC1(COC(=O)c2ccc(C(=O)OCC3(C)COC3)c(Br)c2)COC1. The van der Waals surface area contributed by atoms with Crippen molar-refractivity contribution in [2.24, 2.45) is 10.8 Å². The molecule has 6 nitrogen and oxygen atoms in total. The molecule has 0 aliphatic carbocycles. The van der Waals surface area contributed by atoms with E-state index in [-0.39, 0.29) is 10.8 Å². The van der Waals surface area contributed by atoms with Gasteiger partial charge in [0.1, 0.15) is 13.2 Å². The van der Waals surface area contributed by atoms with E-state index in [9.17, 15) is 9.59 Å². The fourth-order valence-corrected chi connectivity index (χ4v) is 3.06. The molecule has 0 atom stereocenters. The van der Waals surface area contributed by atoms with E-state index in [1.165, 1.54) is 0 Å². The molecule has 1 aromatic rings. The van der Waals surface area contributed by atoms with Gasteiger partial charge >= 0.3 is 11.9 Å². The molecule has 0 aromatic heterocycles. The Bertz CT molecular complexity index is 678. The zero-order valence-electron chi connectivity index (χ0n) is 14.3. The van der Waals surface area contributed by atoms with Crippen molar-refractivity contribution in [2.45, 2.75) is 13.8 Å². The maximum Gasteiger partial charge on any atom is 0.339 e. The number of ether oxygens (including phenoxy) is 4. The number of hydrogen-bond acceptors (Lipinski definition) is 6. The standard InChI is InChI=1S/C18H21BrO6/c1-17(6-22-7-17)10-24-15(20)12-3-4-13(14(19)5-12)16(21)25-11-18(2)8-23-9-18/h3-5H,6-11H2,1-2H3. The molecule has 0 radical (unpaired) electrons. The van der Waals surface area contributed by atoms with Crippen LogP contribution in [0.3, 0.4) is 0 Å². The van der Waals surface area contributed by atoms with Crippen LogP contribution >= 0.6 is 15.9 Å². The maximum absolute atomic E-state index is 12.2. The van der Waals surface area contributed by atoms with Gasteiger partial charge in [0.2, 0.25) is 0 Å². The number of benzene rings is 1. The summed E-state index contributed by atoms with van der Waals surface area (Å²) in [6.45, 7) is 7.01. The van der Waals surface area contributed by atoms with Crippen molar-refractivity contribution >= 4 is 27.9 Å². The van der Waals surface area contributed by atoms with Crippen molar-refractivity contribution in [3.63, 3.8) is 0 Å². The Morgan fingerprint density at radius 3 is 1.96 bits per heavy atom. The molecule has 136 valence electrons. The summed E-state index contributed by atoms with van der Waals surface area (Å²) in [5, 5.41) is 0. The zero-order chi connectivity index (χ0) is 18.1. The summed E-state index contributed by atoms with van der Waals surface area (Å²) in [5.74, 6) is -0.855. The van der Waals surface area contributed by atoms with Crippen LogP contribution in [0.15, 0.2) is 22.7 Å². The maximum atomic E-state index is 12.2. The summed E-state index contributed by atoms with van der Waals surface area (Å²) >= 11 is 3.33. The Hall–Kier alpha value is -1.44. The number of hydrogen-bond donors (Lipinski definition) is 0. The van der Waals surface area contributed by atoms with E-state index in [0.29, 0.717) is 55.2 Å². The largest absolute Gasteiger partial charge is 0.461 e. The third-order valence-electron chi connectivity index (χ3n) is 4.33. The van der Waals surface area contributed by atoms with Crippen LogP contribution in [0.2, 0.25) is 0 Å². The van der Waals surface area contributed by atoms with Gasteiger partial charge in [0.15, 0.2) is 0 Å². The molecule has 2 heterocycles. The number of halogens is 1. The molecule has 1 aromatic carbocycles. The van der Waals surface area contributed by atoms with Crippen molar-refractivity contribution in [2.75, 3.05) is 39.6 Å². The minimum absolute atomic E-state index is 0.0992. The van der Waals surface area contributed by atoms with Crippen LogP contribution in [-0.4, -0.2) is 51.6 Å². The van der Waals surface area contributed by atoms with E-state index in [1.807, 2.05) is 13.8 Å². The van der Waals surface area contributed by atoms with Gasteiger partial charge < -0.3 is 18.9 Å². The Morgan fingerprint density at radius 1 is 1.00 bits per heavy atom. The summed E-state index contributed by atoms with van der Waals surface area (Å²) < 4.78 is 21.5. The zero-order valence-corrected chi connectivity index (χ0v) is 15.9. The summed E-state index contributed by atoms with van der Waals surface area (Å²) in [6.07, 6.45) is 0. The normalized spacial score (nSPS) is 20.1. The molecule has 2 aliphatic heterocycles.